The summed E-state index contributed by atoms with van der Waals surface area (Å²) in [5.74, 6) is -0.325. The Morgan fingerprint density at radius 3 is 2.96 bits per heavy atom. The zero-order valence-corrected chi connectivity index (χ0v) is 14.1. The van der Waals surface area contributed by atoms with Crippen LogP contribution in [0.25, 0.3) is 21.8 Å². The molecular formula is C21H18FN3O. The van der Waals surface area contributed by atoms with E-state index in [9.17, 15) is 9.18 Å². The van der Waals surface area contributed by atoms with Gasteiger partial charge >= 0.3 is 0 Å². The molecule has 1 aliphatic carbocycles. The van der Waals surface area contributed by atoms with E-state index >= 15 is 0 Å². The van der Waals surface area contributed by atoms with Gasteiger partial charge in [-0.1, -0.05) is 6.07 Å². The van der Waals surface area contributed by atoms with E-state index in [1.807, 2.05) is 30.5 Å². The average molecular weight is 347 g/mol. The zero-order valence-electron chi connectivity index (χ0n) is 14.1. The lowest BCUT2D eigenvalue weighted by atomic mass is 9.91. The van der Waals surface area contributed by atoms with Crippen LogP contribution in [0.4, 0.5) is 4.39 Å². The number of H-pyrrole nitrogens is 2. The number of nitrogens with one attached hydrogen (secondary N) is 3. The van der Waals surface area contributed by atoms with E-state index in [1.165, 1.54) is 6.07 Å². The van der Waals surface area contributed by atoms with Gasteiger partial charge < -0.3 is 15.3 Å². The summed E-state index contributed by atoms with van der Waals surface area (Å²) in [7, 11) is 0. The summed E-state index contributed by atoms with van der Waals surface area (Å²) < 4.78 is 13.6. The van der Waals surface area contributed by atoms with E-state index in [-0.39, 0.29) is 17.8 Å². The fourth-order valence-electron chi connectivity index (χ4n) is 4.01. The molecule has 5 heteroatoms. The number of benzene rings is 2. The molecule has 0 saturated carbocycles. The fourth-order valence-corrected chi connectivity index (χ4v) is 4.01. The van der Waals surface area contributed by atoms with Gasteiger partial charge in [-0.3, -0.25) is 4.79 Å². The van der Waals surface area contributed by atoms with Crippen molar-refractivity contribution in [2.45, 2.75) is 25.3 Å². The molecule has 0 radical (unpaired) electrons. The summed E-state index contributed by atoms with van der Waals surface area (Å²) in [5, 5.41) is 5.15. The van der Waals surface area contributed by atoms with Crippen LogP contribution in [0.1, 0.15) is 40.5 Å². The molecule has 2 heterocycles. The van der Waals surface area contributed by atoms with Crippen molar-refractivity contribution in [1.82, 2.24) is 15.3 Å². The monoisotopic (exact) mass is 347 g/mol. The van der Waals surface area contributed by atoms with Gasteiger partial charge in [0, 0.05) is 33.9 Å². The van der Waals surface area contributed by atoms with Crippen molar-refractivity contribution in [3.05, 3.63) is 71.3 Å². The van der Waals surface area contributed by atoms with Gasteiger partial charge in [0.1, 0.15) is 5.82 Å². The number of hydrogen-bond donors (Lipinski definition) is 3. The number of aromatic amines is 2. The van der Waals surface area contributed by atoms with Crippen molar-refractivity contribution >= 4 is 27.7 Å². The predicted molar refractivity (Wildman–Crippen MR) is 99.7 cm³/mol. The van der Waals surface area contributed by atoms with Crippen molar-refractivity contribution in [1.29, 1.82) is 0 Å². The number of aromatic nitrogens is 2. The Bertz CT molecular complexity index is 1140. The summed E-state index contributed by atoms with van der Waals surface area (Å²) in [4.78, 5) is 19.3. The number of carbonyl (C=O) groups is 1. The quantitative estimate of drug-likeness (QED) is 0.488. The maximum Gasteiger partial charge on any atom is 0.251 e. The Morgan fingerprint density at radius 2 is 2.04 bits per heavy atom. The molecule has 2 aromatic carbocycles. The summed E-state index contributed by atoms with van der Waals surface area (Å²) >= 11 is 0. The first kappa shape index (κ1) is 15.2. The smallest absolute Gasteiger partial charge is 0.251 e. The first-order valence-electron chi connectivity index (χ1n) is 8.87. The molecule has 0 spiro atoms. The number of halogens is 1. The lowest BCUT2D eigenvalue weighted by molar-refractivity contribution is 0.0932. The predicted octanol–water partition coefficient (Wildman–Crippen LogP) is 4.60. The molecule has 2 aromatic heterocycles. The Morgan fingerprint density at radius 1 is 1.12 bits per heavy atom. The average Bonchev–Trinajstić information content (AvgIpc) is 3.25. The number of fused-ring (bicyclic) bond motifs is 4. The summed E-state index contributed by atoms with van der Waals surface area (Å²) in [6.07, 6.45) is 4.61. The molecule has 4 nitrogen and oxygen atoms in total. The third kappa shape index (κ3) is 2.39. The number of carbonyl (C=O) groups excluding carboxylic acids is 1. The molecule has 0 fully saturated rings. The lowest BCUT2D eigenvalue weighted by Crippen LogP contribution is -2.31. The fraction of sp³-hybridized carbons (Fsp3) is 0.190. The zero-order chi connectivity index (χ0) is 17.7. The van der Waals surface area contributed by atoms with Crippen LogP contribution in [0.2, 0.25) is 0 Å². The Labute approximate surface area is 149 Å². The molecule has 1 aliphatic rings. The highest BCUT2D eigenvalue weighted by Gasteiger charge is 2.26. The molecule has 130 valence electrons. The highest BCUT2D eigenvalue weighted by molar-refractivity contribution is 5.98. The lowest BCUT2D eigenvalue weighted by Gasteiger charge is -2.24. The normalized spacial score (nSPS) is 16.7. The van der Waals surface area contributed by atoms with Crippen LogP contribution in [0, 0.1) is 5.82 Å². The van der Waals surface area contributed by atoms with Crippen LogP contribution in [-0.2, 0) is 6.42 Å². The van der Waals surface area contributed by atoms with Gasteiger partial charge in [-0.25, -0.2) is 4.39 Å². The van der Waals surface area contributed by atoms with Gasteiger partial charge in [0.2, 0.25) is 0 Å². The van der Waals surface area contributed by atoms with Crippen molar-refractivity contribution in [3.8, 4) is 0 Å². The van der Waals surface area contributed by atoms with E-state index in [4.69, 9.17) is 0 Å². The molecule has 0 bridgehead atoms. The minimum absolute atomic E-state index is 0.0824. The van der Waals surface area contributed by atoms with Crippen LogP contribution >= 0.6 is 0 Å². The molecule has 5 rings (SSSR count). The molecule has 26 heavy (non-hydrogen) atoms. The Hall–Kier alpha value is -3.08. The molecule has 4 aromatic rings. The van der Waals surface area contributed by atoms with Gasteiger partial charge in [0.05, 0.1) is 6.04 Å². The van der Waals surface area contributed by atoms with Crippen molar-refractivity contribution < 1.29 is 9.18 Å². The van der Waals surface area contributed by atoms with E-state index in [0.717, 1.165) is 52.3 Å². The molecular weight excluding hydrogens is 329 g/mol. The van der Waals surface area contributed by atoms with E-state index in [1.54, 1.807) is 12.1 Å². The number of rotatable bonds is 2. The highest BCUT2D eigenvalue weighted by atomic mass is 19.1. The van der Waals surface area contributed by atoms with Crippen LogP contribution < -0.4 is 5.32 Å². The van der Waals surface area contributed by atoms with Gasteiger partial charge in [-0.05, 0) is 66.6 Å². The SMILES string of the molecule is O=C(N[C@H]1CCCc2c1[nH]c1ccc(F)cc21)c1ccc2cc[nH]c2c1. The second-order valence-electron chi connectivity index (χ2n) is 6.91. The van der Waals surface area contributed by atoms with Gasteiger partial charge in [-0.15, -0.1) is 0 Å². The van der Waals surface area contributed by atoms with Crippen LogP contribution in [-0.4, -0.2) is 15.9 Å². The van der Waals surface area contributed by atoms with E-state index in [2.05, 4.69) is 15.3 Å². The maximum absolute atomic E-state index is 13.6. The highest BCUT2D eigenvalue weighted by Crippen LogP contribution is 2.35. The topological polar surface area (TPSA) is 60.7 Å². The summed E-state index contributed by atoms with van der Waals surface area (Å²) in [6, 6.07) is 12.4. The van der Waals surface area contributed by atoms with Gasteiger partial charge in [-0.2, -0.15) is 0 Å². The Kier molecular flexibility index (Phi) is 3.35. The maximum atomic E-state index is 13.6. The van der Waals surface area contributed by atoms with Gasteiger partial charge in [0.15, 0.2) is 0 Å². The first-order valence-corrected chi connectivity index (χ1v) is 8.87. The second kappa shape index (κ2) is 5.73. The van der Waals surface area contributed by atoms with Crippen molar-refractivity contribution in [2.24, 2.45) is 0 Å². The van der Waals surface area contributed by atoms with Crippen LogP contribution in [0.3, 0.4) is 0 Å². The number of amides is 1. The minimum atomic E-state index is -0.232. The summed E-state index contributed by atoms with van der Waals surface area (Å²) in [6.45, 7) is 0. The molecule has 1 amide bonds. The molecule has 3 N–H and O–H groups in total. The third-order valence-corrected chi connectivity index (χ3v) is 5.29. The summed E-state index contributed by atoms with van der Waals surface area (Å²) in [5.41, 5.74) is 4.63. The second-order valence-corrected chi connectivity index (χ2v) is 6.91. The van der Waals surface area contributed by atoms with Crippen LogP contribution in [0.15, 0.2) is 48.7 Å². The standard InChI is InChI=1S/C21H18FN3O/c22-14-6-7-17-16(11-14)15-2-1-3-18(20(15)24-17)25-21(26)13-5-4-12-8-9-23-19(12)10-13/h4-11,18,23-24H,1-3H2,(H,25,26)/t18-/m0/s1. The van der Waals surface area contributed by atoms with Crippen LogP contribution in [0.5, 0.6) is 0 Å². The van der Waals surface area contributed by atoms with Gasteiger partial charge in [0.25, 0.3) is 5.91 Å². The Balaban J connectivity index is 1.48. The molecule has 0 unspecified atom stereocenters. The third-order valence-electron chi connectivity index (χ3n) is 5.29. The van der Waals surface area contributed by atoms with E-state index < -0.39 is 0 Å². The van der Waals surface area contributed by atoms with E-state index in [0.29, 0.717) is 5.56 Å². The molecule has 0 aliphatic heterocycles. The van der Waals surface area contributed by atoms with Crippen molar-refractivity contribution in [2.75, 3.05) is 0 Å². The molecule has 0 saturated heterocycles. The molecule has 1 atom stereocenters. The number of aryl methyl sites for hydroxylation is 1. The largest absolute Gasteiger partial charge is 0.361 e. The first-order chi connectivity index (χ1) is 12.7. The van der Waals surface area contributed by atoms with Crippen molar-refractivity contribution in [3.63, 3.8) is 0 Å². The minimum Gasteiger partial charge on any atom is -0.361 e. The number of hydrogen-bond acceptors (Lipinski definition) is 1.